The van der Waals surface area contributed by atoms with Crippen LogP contribution in [0.15, 0.2) is 65.8 Å². The molecule has 0 radical (unpaired) electrons. The van der Waals surface area contributed by atoms with Crippen LogP contribution < -0.4 is 4.90 Å². The Labute approximate surface area is 167 Å². The van der Waals surface area contributed by atoms with Crippen molar-refractivity contribution in [3.05, 3.63) is 72.6 Å². The second-order valence-electron chi connectivity index (χ2n) is 6.59. The number of hydrogen-bond acceptors (Lipinski definition) is 5. The molecule has 4 rings (SSSR count). The first kappa shape index (κ1) is 19.4. The quantitative estimate of drug-likeness (QED) is 0.654. The van der Waals surface area contributed by atoms with Crippen LogP contribution in [0.2, 0.25) is 0 Å². The molecule has 1 saturated heterocycles. The van der Waals surface area contributed by atoms with Gasteiger partial charge in [0.2, 0.25) is 10.0 Å². The van der Waals surface area contributed by atoms with Gasteiger partial charge in [0.1, 0.15) is 28.7 Å². The number of rotatable bonds is 4. The van der Waals surface area contributed by atoms with E-state index in [1.54, 1.807) is 18.2 Å². The van der Waals surface area contributed by atoms with Crippen molar-refractivity contribution in [3.63, 3.8) is 0 Å². The fraction of sp³-hybridized carbons (Fsp3) is 0.200. The second-order valence-corrected chi connectivity index (χ2v) is 8.50. The molecule has 0 amide bonds. The number of hydrogen-bond donors (Lipinski definition) is 0. The van der Waals surface area contributed by atoms with Crippen LogP contribution in [0.3, 0.4) is 0 Å². The fourth-order valence-corrected chi connectivity index (χ4v) is 4.74. The lowest BCUT2D eigenvalue weighted by atomic mass is 10.1. The maximum Gasteiger partial charge on any atom is 0.246 e. The molecule has 0 saturated carbocycles. The third-order valence-corrected chi connectivity index (χ3v) is 6.74. The molecular formula is C20H18F2N4O2S. The molecule has 3 aromatic rings. The second kappa shape index (κ2) is 7.84. The van der Waals surface area contributed by atoms with Gasteiger partial charge in [-0.3, -0.25) is 0 Å². The van der Waals surface area contributed by atoms with Gasteiger partial charge in [0.25, 0.3) is 0 Å². The van der Waals surface area contributed by atoms with Crippen molar-refractivity contribution in [3.8, 4) is 11.3 Å². The lowest BCUT2D eigenvalue weighted by Crippen LogP contribution is -2.49. The van der Waals surface area contributed by atoms with E-state index >= 15 is 0 Å². The van der Waals surface area contributed by atoms with Gasteiger partial charge >= 0.3 is 0 Å². The summed E-state index contributed by atoms with van der Waals surface area (Å²) in [7, 11) is -3.89. The van der Waals surface area contributed by atoms with Crippen molar-refractivity contribution >= 4 is 15.8 Å². The molecule has 0 unspecified atom stereocenters. The third kappa shape index (κ3) is 3.96. The van der Waals surface area contributed by atoms with E-state index < -0.39 is 15.8 Å². The summed E-state index contributed by atoms with van der Waals surface area (Å²) >= 11 is 0. The number of nitrogens with zero attached hydrogens (tertiary/aromatic N) is 4. The van der Waals surface area contributed by atoms with Crippen molar-refractivity contribution in [1.29, 1.82) is 0 Å². The monoisotopic (exact) mass is 416 g/mol. The van der Waals surface area contributed by atoms with E-state index in [2.05, 4.69) is 9.97 Å². The highest BCUT2D eigenvalue weighted by Gasteiger charge is 2.30. The summed E-state index contributed by atoms with van der Waals surface area (Å²) in [5, 5.41) is 0. The largest absolute Gasteiger partial charge is 0.354 e. The van der Waals surface area contributed by atoms with E-state index in [4.69, 9.17) is 0 Å². The van der Waals surface area contributed by atoms with Crippen molar-refractivity contribution in [2.24, 2.45) is 0 Å². The Morgan fingerprint density at radius 2 is 1.55 bits per heavy atom. The summed E-state index contributed by atoms with van der Waals surface area (Å²) in [6, 6.07) is 13.2. The van der Waals surface area contributed by atoms with Crippen LogP contribution in [-0.2, 0) is 10.0 Å². The Kier molecular flexibility index (Phi) is 5.25. The summed E-state index contributed by atoms with van der Waals surface area (Å²) in [4.78, 5) is 10.1. The Bertz CT molecular complexity index is 1120. The van der Waals surface area contributed by atoms with Gasteiger partial charge < -0.3 is 4.90 Å². The fourth-order valence-electron chi connectivity index (χ4n) is 3.25. The van der Waals surface area contributed by atoms with Gasteiger partial charge in [-0.25, -0.2) is 27.2 Å². The Morgan fingerprint density at radius 1 is 0.862 bits per heavy atom. The summed E-state index contributed by atoms with van der Waals surface area (Å²) in [5.41, 5.74) is 1.41. The van der Waals surface area contributed by atoms with E-state index in [0.29, 0.717) is 24.6 Å². The van der Waals surface area contributed by atoms with Gasteiger partial charge in [-0.15, -0.1) is 0 Å². The predicted octanol–water partition coefficient (Wildman–Crippen LogP) is 2.93. The molecule has 0 aliphatic carbocycles. The number of halogens is 2. The Morgan fingerprint density at radius 3 is 2.24 bits per heavy atom. The smallest absolute Gasteiger partial charge is 0.246 e. The zero-order valence-electron chi connectivity index (χ0n) is 15.4. The van der Waals surface area contributed by atoms with Crippen LogP contribution in [0.4, 0.5) is 14.6 Å². The van der Waals surface area contributed by atoms with Gasteiger partial charge in [0, 0.05) is 37.8 Å². The van der Waals surface area contributed by atoms with Gasteiger partial charge in [-0.05, 0) is 36.4 Å². The van der Waals surface area contributed by atoms with E-state index in [1.165, 1.54) is 41.0 Å². The van der Waals surface area contributed by atoms with Crippen LogP contribution in [-0.4, -0.2) is 48.9 Å². The van der Waals surface area contributed by atoms with Gasteiger partial charge in [0.05, 0.1) is 5.69 Å². The standard InChI is InChI=1S/C20H18F2N4O2S/c21-16-7-5-15(6-8-16)18-13-20(24-14-23-18)25-9-11-26(12-10-25)29(27,28)19-4-2-1-3-17(19)22/h1-8,13-14H,9-12H2. The van der Waals surface area contributed by atoms with E-state index in [0.717, 1.165) is 11.6 Å². The topological polar surface area (TPSA) is 66.4 Å². The molecule has 2 aromatic carbocycles. The molecule has 0 atom stereocenters. The normalized spacial score (nSPS) is 15.4. The number of sulfonamides is 1. The van der Waals surface area contributed by atoms with Crippen molar-refractivity contribution in [1.82, 2.24) is 14.3 Å². The van der Waals surface area contributed by atoms with E-state index in [1.807, 2.05) is 4.90 Å². The predicted molar refractivity (Wildman–Crippen MR) is 105 cm³/mol. The number of aromatic nitrogens is 2. The molecule has 150 valence electrons. The maximum atomic E-state index is 14.0. The lowest BCUT2D eigenvalue weighted by molar-refractivity contribution is 0.381. The van der Waals surface area contributed by atoms with E-state index in [9.17, 15) is 17.2 Å². The first-order chi connectivity index (χ1) is 13.9. The molecule has 1 aliphatic heterocycles. The molecule has 9 heteroatoms. The molecule has 6 nitrogen and oxygen atoms in total. The highest BCUT2D eigenvalue weighted by molar-refractivity contribution is 7.89. The van der Waals surface area contributed by atoms with Crippen LogP contribution in [0, 0.1) is 11.6 Å². The van der Waals surface area contributed by atoms with Crippen LogP contribution in [0.1, 0.15) is 0 Å². The molecule has 0 spiro atoms. The summed E-state index contributed by atoms with van der Waals surface area (Å²) in [6.45, 7) is 1.25. The average molecular weight is 416 g/mol. The van der Waals surface area contributed by atoms with Crippen molar-refractivity contribution < 1.29 is 17.2 Å². The molecule has 1 fully saturated rings. The summed E-state index contributed by atoms with van der Waals surface area (Å²) in [5.74, 6) is -0.424. The van der Waals surface area contributed by atoms with Gasteiger partial charge in [0.15, 0.2) is 0 Å². The molecular weight excluding hydrogens is 398 g/mol. The first-order valence-corrected chi connectivity index (χ1v) is 10.5. The van der Waals surface area contributed by atoms with Crippen LogP contribution in [0.25, 0.3) is 11.3 Å². The van der Waals surface area contributed by atoms with Crippen molar-refractivity contribution in [2.45, 2.75) is 4.90 Å². The number of piperazine rings is 1. The minimum Gasteiger partial charge on any atom is -0.354 e. The molecule has 2 heterocycles. The zero-order valence-corrected chi connectivity index (χ0v) is 16.2. The van der Waals surface area contributed by atoms with Gasteiger partial charge in [-0.1, -0.05) is 12.1 Å². The molecule has 0 bridgehead atoms. The van der Waals surface area contributed by atoms with Gasteiger partial charge in [-0.2, -0.15) is 4.31 Å². The summed E-state index contributed by atoms with van der Waals surface area (Å²) < 4.78 is 53.8. The highest BCUT2D eigenvalue weighted by Crippen LogP contribution is 2.24. The average Bonchev–Trinajstić information content (AvgIpc) is 2.75. The first-order valence-electron chi connectivity index (χ1n) is 9.03. The SMILES string of the molecule is O=S(=O)(c1ccccc1F)N1CCN(c2cc(-c3ccc(F)cc3)ncn2)CC1. The summed E-state index contributed by atoms with van der Waals surface area (Å²) in [6.07, 6.45) is 1.43. The molecule has 0 N–H and O–H groups in total. The molecule has 1 aromatic heterocycles. The van der Waals surface area contributed by atoms with Crippen LogP contribution >= 0.6 is 0 Å². The third-order valence-electron chi connectivity index (χ3n) is 4.81. The van der Waals surface area contributed by atoms with Crippen molar-refractivity contribution in [2.75, 3.05) is 31.1 Å². The molecule has 29 heavy (non-hydrogen) atoms. The maximum absolute atomic E-state index is 14.0. The minimum absolute atomic E-state index is 0.215. The highest BCUT2D eigenvalue weighted by atomic mass is 32.2. The lowest BCUT2D eigenvalue weighted by Gasteiger charge is -2.34. The number of benzene rings is 2. The minimum atomic E-state index is -3.89. The Balaban J connectivity index is 1.50. The van der Waals surface area contributed by atoms with E-state index in [-0.39, 0.29) is 23.8 Å². The molecule has 1 aliphatic rings. The zero-order chi connectivity index (χ0) is 20.4. The number of anilines is 1. The van der Waals surface area contributed by atoms with Crippen LogP contribution in [0.5, 0.6) is 0 Å². The Hall–Kier alpha value is -2.91.